The maximum Gasteiger partial charge on any atom is 0.241 e. The van der Waals surface area contributed by atoms with E-state index in [1.54, 1.807) is 12.1 Å². The molecule has 0 radical (unpaired) electrons. The number of hydrogen-bond acceptors (Lipinski definition) is 2. The molecule has 0 saturated carbocycles. The highest BCUT2D eigenvalue weighted by atomic mass is 32.2. The third-order valence-electron chi connectivity index (χ3n) is 5.09. The quantitative estimate of drug-likeness (QED) is 0.427. The Morgan fingerprint density at radius 1 is 0.724 bits per heavy atom. The second kappa shape index (κ2) is 10.4. The summed E-state index contributed by atoms with van der Waals surface area (Å²) < 4.78 is 29.1. The molecule has 0 aliphatic carbocycles. The first-order valence-electron chi connectivity index (χ1n) is 10.3. The topological polar surface area (TPSA) is 46.2 Å². The first-order chi connectivity index (χ1) is 14.1. The second-order valence-electron chi connectivity index (χ2n) is 7.33. The monoisotopic (exact) mass is 407 g/mol. The van der Waals surface area contributed by atoms with Crippen molar-refractivity contribution in [3.8, 4) is 0 Å². The lowest BCUT2D eigenvalue weighted by atomic mass is 10.00. The van der Waals surface area contributed by atoms with Crippen molar-refractivity contribution in [1.82, 2.24) is 4.72 Å². The second-order valence-corrected chi connectivity index (χ2v) is 9.04. The van der Waals surface area contributed by atoms with Crippen molar-refractivity contribution < 1.29 is 8.42 Å². The molecule has 0 fully saturated rings. The number of hydrogen-bond donors (Lipinski definition) is 1. The van der Waals surface area contributed by atoms with Crippen LogP contribution in [0.2, 0.25) is 0 Å². The zero-order valence-corrected chi connectivity index (χ0v) is 17.7. The van der Waals surface area contributed by atoms with Crippen molar-refractivity contribution in [1.29, 1.82) is 0 Å². The lowest BCUT2D eigenvalue weighted by Gasteiger charge is -2.20. The number of aryl methyl sites for hydroxylation is 1. The van der Waals surface area contributed by atoms with Crippen LogP contribution in [0, 0.1) is 0 Å². The molecule has 4 heteroatoms. The van der Waals surface area contributed by atoms with E-state index >= 15 is 0 Å². The fourth-order valence-corrected chi connectivity index (χ4v) is 4.65. The number of benzene rings is 3. The normalized spacial score (nSPS) is 11.7. The Hall–Kier alpha value is -2.43. The van der Waals surface area contributed by atoms with Gasteiger partial charge in [0.15, 0.2) is 0 Å². The summed E-state index contributed by atoms with van der Waals surface area (Å²) in [5, 5.41) is 0. The van der Waals surface area contributed by atoms with E-state index in [0.29, 0.717) is 4.90 Å². The van der Waals surface area contributed by atoms with Crippen LogP contribution in [0.15, 0.2) is 89.8 Å². The predicted octanol–water partition coefficient (Wildman–Crippen LogP) is 5.88. The molecule has 3 nitrogen and oxygen atoms in total. The number of nitrogens with one attached hydrogen (secondary N) is 1. The molecule has 0 aliphatic heterocycles. The van der Waals surface area contributed by atoms with Gasteiger partial charge in [0.1, 0.15) is 0 Å². The summed E-state index contributed by atoms with van der Waals surface area (Å²) >= 11 is 0. The highest BCUT2D eigenvalue weighted by molar-refractivity contribution is 7.89. The Morgan fingerprint density at radius 2 is 1.28 bits per heavy atom. The van der Waals surface area contributed by atoms with Crippen molar-refractivity contribution in [2.24, 2.45) is 0 Å². The average molecular weight is 408 g/mol. The lowest BCUT2D eigenvalue weighted by Crippen LogP contribution is -2.29. The van der Waals surface area contributed by atoms with Gasteiger partial charge in [-0.2, -0.15) is 4.72 Å². The average Bonchev–Trinajstić information content (AvgIpc) is 2.77. The molecule has 152 valence electrons. The fourth-order valence-electron chi connectivity index (χ4n) is 3.43. The molecule has 0 unspecified atom stereocenters. The predicted molar refractivity (Wildman–Crippen MR) is 119 cm³/mol. The number of unbranched alkanes of at least 4 members (excludes halogenated alkanes) is 3. The molecule has 29 heavy (non-hydrogen) atoms. The van der Waals surface area contributed by atoms with Crippen LogP contribution >= 0.6 is 0 Å². The van der Waals surface area contributed by atoms with E-state index in [2.05, 4.69) is 11.6 Å². The first kappa shape index (κ1) is 21.3. The van der Waals surface area contributed by atoms with Gasteiger partial charge in [-0.25, -0.2) is 8.42 Å². The molecule has 3 rings (SSSR count). The van der Waals surface area contributed by atoms with Gasteiger partial charge in [-0.05, 0) is 41.7 Å². The van der Waals surface area contributed by atoms with Crippen molar-refractivity contribution in [2.45, 2.75) is 50.0 Å². The molecule has 0 bridgehead atoms. The Labute approximate surface area is 174 Å². The smallest absolute Gasteiger partial charge is 0.207 e. The Kier molecular flexibility index (Phi) is 7.62. The van der Waals surface area contributed by atoms with Gasteiger partial charge in [-0.15, -0.1) is 0 Å². The Balaban J connectivity index is 1.78. The molecule has 0 spiro atoms. The SMILES string of the molecule is CCCCCCc1ccc(S(=O)(=O)NC(c2ccccc2)c2ccccc2)cc1. The molecular weight excluding hydrogens is 378 g/mol. The maximum absolute atomic E-state index is 13.1. The van der Waals surface area contributed by atoms with Crippen LogP contribution in [0.1, 0.15) is 55.3 Å². The summed E-state index contributed by atoms with van der Waals surface area (Å²) in [6.07, 6.45) is 5.81. The zero-order chi connectivity index (χ0) is 20.5. The molecule has 3 aromatic rings. The van der Waals surface area contributed by atoms with Gasteiger partial charge in [0.2, 0.25) is 10.0 Å². The van der Waals surface area contributed by atoms with Crippen LogP contribution in [-0.2, 0) is 16.4 Å². The lowest BCUT2D eigenvalue weighted by molar-refractivity contribution is 0.572. The molecule has 0 amide bonds. The van der Waals surface area contributed by atoms with Gasteiger partial charge in [-0.1, -0.05) is 99.0 Å². The third-order valence-corrected chi connectivity index (χ3v) is 6.53. The largest absolute Gasteiger partial charge is 0.241 e. The first-order valence-corrected chi connectivity index (χ1v) is 11.8. The Morgan fingerprint density at radius 3 is 1.79 bits per heavy atom. The van der Waals surface area contributed by atoms with E-state index in [-0.39, 0.29) is 0 Å². The summed E-state index contributed by atoms with van der Waals surface area (Å²) in [5.74, 6) is 0. The molecule has 0 atom stereocenters. The van der Waals surface area contributed by atoms with Crippen LogP contribution < -0.4 is 4.72 Å². The zero-order valence-electron chi connectivity index (χ0n) is 16.9. The molecular formula is C25H29NO2S. The minimum absolute atomic E-state index is 0.298. The van der Waals surface area contributed by atoms with Gasteiger partial charge in [-0.3, -0.25) is 0 Å². The van der Waals surface area contributed by atoms with Gasteiger partial charge in [0.25, 0.3) is 0 Å². The van der Waals surface area contributed by atoms with Crippen molar-refractivity contribution in [2.75, 3.05) is 0 Å². The fraction of sp³-hybridized carbons (Fsp3) is 0.280. The van der Waals surface area contributed by atoms with E-state index in [1.165, 1.54) is 24.8 Å². The van der Waals surface area contributed by atoms with Gasteiger partial charge >= 0.3 is 0 Å². The summed E-state index contributed by atoms with van der Waals surface area (Å²) in [4.78, 5) is 0.298. The highest BCUT2D eigenvalue weighted by Gasteiger charge is 2.22. The highest BCUT2D eigenvalue weighted by Crippen LogP contribution is 2.24. The van der Waals surface area contributed by atoms with Crippen LogP contribution in [0.4, 0.5) is 0 Å². The van der Waals surface area contributed by atoms with Crippen LogP contribution in [0.5, 0.6) is 0 Å². The van der Waals surface area contributed by atoms with Gasteiger partial charge < -0.3 is 0 Å². The molecule has 0 aliphatic rings. The standard InChI is InChI=1S/C25H29NO2S/c1-2-3-4-7-12-21-17-19-24(20-18-21)29(27,28)26-25(22-13-8-5-9-14-22)23-15-10-6-11-16-23/h5-6,8-11,13-20,25-26H,2-4,7,12H2,1H3. The summed E-state index contributed by atoms with van der Waals surface area (Å²) in [6.45, 7) is 2.20. The summed E-state index contributed by atoms with van der Waals surface area (Å²) in [6, 6.07) is 26.2. The van der Waals surface area contributed by atoms with E-state index in [0.717, 1.165) is 24.0 Å². The van der Waals surface area contributed by atoms with E-state index in [9.17, 15) is 8.42 Å². The van der Waals surface area contributed by atoms with Crippen LogP contribution in [-0.4, -0.2) is 8.42 Å². The summed E-state index contributed by atoms with van der Waals surface area (Å²) in [7, 11) is -3.65. The van der Waals surface area contributed by atoms with Crippen molar-refractivity contribution in [3.63, 3.8) is 0 Å². The summed E-state index contributed by atoms with van der Waals surface area (Å²) in [5.41, 5.74) is 3.01. The minimum Gasteiger partial charge on any atom is -0.207 e. The van der Waals surface area contributed by atoms with Gasteiger partial charge in [0.05, 0.1) is 10.9 Å². The van der Waals surface area contributed by atoms with Crippen LogP contribution in [0.25, 0.3) is 0 Å². The number of rotatable bonds is 10. The third kappa shape index (κ3) is 6.02. The van der Waals surface area contributed by atoms with Crippen LogP contribution in [0.3, 0.4) is 0 Å². The molecule has 0 aromatic heterocycles. The van der Waals surface area contributed by atoms with E-state index < -0.39 is 16.1 Å². The van der Waals surface area contributed by atoms with Crippen molar-refractivity contribution >= 4 is 10.0 Å². The molecule has 3 aromatic carbocycles. The molecule has 1 N–H and O–H groups in total. The van der Waals surface area contributed by atoms with Gasteiger partial charge in [0, 0.05) is 0 Å². The van der Waals surface area contributed by atoms with E-state index in [4.69, 9.17) is 0 Å². The Bertz CT molecular complexity index is 929. The molecule has 0 heterocycles. The maximum atomic E-state index is 13.1. The van der Waals surface area contributed by atoms with E-state index in [1.807, 2.05) is 72.8 Å². The minimum atomic E-state index is -3.65. The van der Waals surface area contributed by atoms with Crippen molar-refractivity contribution in [3.05, 3.63) is 102 Å². The number of sulfonamides is 1. The molecule has 0 saturated heterocycles.